The lowest BCUT2D eigenvalue weighted by Crippen LogP contribution is -2.22. The van der Waals surface area contributed by atoms with Crippen molar-refractivity contribution in [2.24, 2.45) is 0 Å². The van der Waals surface area contributed by atoms with Crippen molar-refractivity contribution in [3.05, 3.63) is 23.9 Å². The van der Waals surface area contributed by atoms with E-state index in [-0.39, 0.29) is 6.04 Å². The Labute approximate surface area is 78.2 Å². The van der Waals surface area contributed by atoms with E-state index in [4.69, 9.17) is 0 Å². The number of hydrogen-bond acceptors (Lipinski definition) is 2. The van der Waals surface area contributed by atoms with Crippen molar-refractivity contribution in [2.75, 3.05) is 0 Å². The van der Waals surface area contributed by atoms with Gasteiger partial charge in [-0.3, -0.25) is 4.57 Å². The van der Waals surface area contributed by atoms with E-state index in [1.807, 2.05) is 0 Å². The van der Waals surface area contributed by atoms with Crippen LogP contribution in [0, 0.1) is 0 Å². The summed E-state index contributed by atoms with van der Waals surface area (Å²) in [7, 11) is 0. The largest absolute Gasteiger partial charge is 0.450 e. The smallest absolute Gasteiger partial charge is 0.382 e. The maximum absolute atomic E-state index is 12.4. The first-order chi connectivity index (χ1) is 6.50. The molecular formula is C8H8F3N3. The molecule has 1 aliphatic heterocycles. The first-order valence-electron chi connectivity index (χ1n) is 4.07. The lowest BCUT2D eigenvalue weighted by molar-refractivity contribution is -0.145. The molecule has 0 fully saturated rings. The summed E-state index contributed by atoms with van der Waals surface area (Å²) >= 11 is 0. The number of fused-ring (bicyclic) bond motifs is 1. The summed E-state index contributed by atoms with van der Waals surface area (Å²) in [5, 5.41) is 2.89. The van der Waals surface area contributed by atoms with Gasteiger partial charge in [0, 0.05) is 12.4 Å². The van der Waals surface area contributed by atoms with Gasteiger partial charge in [0.2, 0.25) is 5.82 Å². The predicted molar refractivity (Wildman–Crippen MR) is 44.1 cm³/mol. The molecule has 0 amide bonds. The van der Waals surface area contributed by atoms with E-state index >= 15 is 0 Å². The molecule has 1 aliphatic rings. The summed E-state index contributed by atoms with van der Waals surface area (Å²) in [4.78, 5) is 3.37. The Hall–Kier alpha value is -1.46. The molecule has 0 saturated carbocycles. The molecule has 3 nitrogen and oxygen atoms in total. The van der Waals surface area contributed by atoms with Crippen LogP contribution in [0.25, 0.3) is 6.20 Å². The van der Waals surface area contributed by atoms with Crippen molar-refractivity contribution >= 4 is 6.20 Å². The van der Waals surface area contributed by atoms with Crippen molar-refractivity contribution in [3.8, 4) is 0 Å². The van der Waals surface area contributed by atoms with Crippen molar-refractivity contribution in [1.29, 1.82) is 0 Å². The Kier molecular flexibility index (Phi) is 1.80. The van der Waals surface area contributed by atoms with Crippen LogP contribution in [0.15, 0.2) is 12.4 Å². The fourth-order valence-corrected chi connectivity index (χ4v) is 1.41. The number of rotatable bonds is 0. The number of aromatic nitrogens is 2. The van der Waals surface area contributed by atoms with Crippen molar-refractivity contribution < 1.29 is 13.2 Å². The minimum Gasteiger partial charge on any atom is -0.382 e. The van der Waals surface area contributed by atoms with E-state index < -0.39 is 12.0 Å². The fraction of sp³-hybridized carbons (Fsp3) is 0.375. The van der Waals surface area contributed by atoms with Crippen LogP contribution in [0.3, 0.4) is 0 Å². The molecule has 0 spiro atoms. The zero-order chi connectivity index (χ0) is 10.3. The van der Waals surface area contributed by atoms with E-state index in [9.17, 15) is 13.2 Å². The number of hydrogen-bond donors (Lipinski definition) is 1. The summed E-state index contributed by atoms with van der Waals surface area (Å²) < 4.78 is 38.3. The number of nitrogens with zero attached hydrogens (tertiary/aromatic N) is 2. The highest BCUT2D eigenvalue weighted by Gasteiger charge is 2.37. The lowest BCUT2D eigenvalue weighted by atomic mass is 10.2. The molecule has 1 N–H and O–H groups in total. The van der Waals surface area contributed by atoms with E-state index in [1.54, 1.807) is 6.92 Å². The summed E-state index contributed by atoms with van der Waals surface area (Å²) in [6.07, 6.45) is -0.358. The first-order valence-corrected chi connectivity index (χ1v) is 4.07. The van der Waals surface area contributed by atoms with Crippen LogP contribution < -0.4 is 5.32 Å². The van der Waals surface area contributed by atoms with Gasteiger partial charge in [-0.15, -0.1) is 0 Å². The highest BCUT2D eigenvalue weighted by Crippen LogP contribution is 2.31. The highest BCUT2D eigenvalue weighted by atomic mass is 19.4. The molecule has 2 rings (SSSR count). The second-order valence-corrected chi connectivity index (χ2v) is 3.08. The molecular weight excluding hydrogens is 195 g/mol. The van der Waals surface area contributed by atoms with Gasteiger partial charge in [0.15, 0.2) is 0 Å². The predicted octanol–water partition coefficient (Wildman–Crippen LogP) is 1.99. The van der Waals surface area contributed by atoms with Crippen LogP contribution in [0.5, 0.6) is 0 Å². The monoisotopic (exact) mass is 203 g/mol. The average Bonchev–Trinajstić information content (AvgIpc) is 2.47. The van der Waals surface area contributed by atoms with Crippen LogP contribution in [0.1, 0.15) is 24.5 Å². The van der Waals surface area contributed by atoms with E-state index in [2.05, 4.69) is 10.3 Å². The number of imidazole rings is 1. The topological polar surface area (TPSA) is 29.9 Å². The van der Waals surface area contributed by atoms with E-state index in [0.29, 0.717) is 5.69 Å². The Morgan fingerprint density at radius 2 is 2.21 bits per heavy atom. The van der Waals surface area contributed by atoms with Crippen LogP contribution in [-0.4, -0.2) is 9.55 Å². The third-order valence-electron chi connectivity index (χ3n) is 2.09. The normalized spacial score (nSPS) is 20.4. The van der Waals surface area contributed by atoms with E-state index in [0.717, 1.165) is 4.57 Å². The summed E-state index contributed by atoms with van der Waals surface area (Å²) in [5.41, 5.74) is 0.514. The molecule has 0 aliphatic carbocycles. The van der Waals surface area contributed by atoms with Gasteiger partial charge in [0.05, 0.1) is 17.9 Å². The Morgan fingerprint density at radius 1 is 1.50 bits per heavy atom. The van der Waals surface area contributed by atoms with Gasteiger partial charge in [-0.25, -0.2) is 4.98 Å². The molecule has 1 aromatic heterocycles. The van der Waals surface area contributed by atoms with Crippen molar-refractivity contribution in [1.82, 2.24) is 14.9 Å². The SMILES string of the molecule is CC1NC=Cn2c1cnc2C(F)(F)F. The minimum atomic E-state index is -4.40. The van der Waals surface area contributed by atoms with Gasteiger partial charge in [-0.1, -0.05) is 0 Å². The van der Waals surface area contributed by atoms with Crippen LogP contribution in [0.2, 0.25) is 0 Å². The Bertz CT molecular complexity index is 378. The fourth-order valence-electron chi connectivity index (χ4n) is 1.41. The molecule has 76 valence electrons. The molecule has 1 atom stereocenters. The summed E-state index contributed by atoms with van der Waals surface area (Å²) in [5.74, 6) is -0.878. The highest BCUT2D eigenvalue weighted by molar-refractivity contribution is 5.34. The summed E-state index contributed by atoms with van der Waals surface area (Å²) in [6.45, 7) is 1.77. The van der Waals surface area contributed by atoms with Gasteiger partial charge in [-0.2, -0.15) is 13.2 Å². The van der Waals surface area contributed by atoms with Gasteiger partial charge >= 0.3 is 6.18 Å². The molecule has 0 aromatic carbocycles. The van der Waals surface area contributed by atoms with E-state index in [1.165, 1.54) is 18.6 Å². The maximum atomic E-state index is 12.4. The quantitative estimate of drug-likeness (QED) is 0.698. The third kappa shape index (κ3) is 1.26. The summed E-state index contributed by atoms with van der Waals surface area (Å²) in [6, 6.07) is -0.149. The van der Waals surface area contributed by atoms with Crippen LogP contribution >= 0.6 is 0 Å². The Morgan fingerprint density at radius 3 is 2.86 bits per heavy atom. The first kappa shape index (κ1) is 9.11. The average molecular weight is 203 g/mol. The van der Waals surface area contributed by atoms with Gasteiger partial charge in [-0.05, 0) is 6.92 Å². The van der Waals surface area contributed by atoms with Gasteiger partial charge < -0.3 is 5.32 Å². The molecule has 0 bridgehead atoms. The Balaban J connectivity index is 2.53. The maximum Gasteiger partial charge on any atom is 0.450 e. The van der Waals surface area contributed by atoms with Crippen molar-refractivity contribution in [2.45, 2.75) is 19.1 Å². The molecule has 1 aromatic rings. The third-order valence-corrected chi connectivity index (χ3v) is 2.09. The standard InChI is InChI=1S/C8H8F3N3/c1-5-6-4-13-7(8(9,10)11)14(6)3-2-12-5/h2-5,12H,1H3. The second-order valence-electron chi connectivity index (χ2n) is 3.08. The minimum absolute atomic E-state index is 0.149. The second kappa shape index (κ2) is 2.76. The molecule has 14 heavy (non-hydrogen) atoms. The zero-order valence-corrected chi connectivity index (χ0v) is 7.34. The van der Waals surface area contributed by atoms with Crippen LogP contribution in [-0.2, 0) is 6.18 Å². The zero-order valence-electron chi connectivity index (χ0n) is 7.34. The number of alkyl halides is 3. The van der Waals surface area contributed by atoms with Gasteiger partial charge in [0.25, 0.3) is 0 Å². The molecule has 2 heterocycles. The number of halogens is 3. The molecule has 1 unspecified atom stereocenters. The number of nitrogens with one attached hydrogen (secondary N) is 1. The molecule has 0 saturated heterocycles. The molecule has 6 heteroatoms. The lowest BCUT2D eigenvalue weighted by Gasteiger charge is -2.19. The molecule has 0 radical (unpaired) electrons. The van der Waals surface area contributed by atoms with Crippen LogP contribution in [0.4, 0.5) is 13.2 Å². The van der Waals surface area contributed by atoms with Gasteiger partial charge in [0.1, 0.15) is 0 Å². The van der Waals surface area contributed by atoms with Crippen molar-refractivity contribution in [3.63, 3.8) is 0 Å².